The van der Waals surface area contributed by atoms with E-state index in [0.717, 1.165) is 33.8 Å². The average molecular weight is 396 g/mol. The lowest BCUT2D eigenvalue weighted by Crippen LogP contribution is -2.25. The summed E-state index contributed by atoms with van der Waals surface area (Å²) in [5.41, 5.74) is 4.57. The van der Waals surface area contributed by atoms with Gasteiger partial charge in [-0.3, -0.25) is 14.8 Å². The van der Waals surface area contributed by atoms with Gasteiger partial charge in [0, 0.05) is 0 Å². The van der Waals surface area contributed by atoms with Crippen molar-refractivity contribution in [1.29, 1.82) is 0 Å². The van der Waals surface area contributed by atoms with Crippen molar-refractivity contribution in [1.82, 2.24) is 10.8 Å². The molecule has 7 heteroatoms. The monoisotopic (exact) mass is 396 g/mol. The first-order valence-electron chi connectivity index (χ1n) is 8.61. The zero-order chi connectivity index (χ0) is 20.1. The maximum atomic E-state index is 12.5. The van der Waals surface area contributed by atoms with E-state index in [9.17, 15) is 9.59 Å². The van der Waals surface area contributed by atoms with Crippen molar-refractivity contribution < 1.29 is 19.5 Å². The predicted octanol–water partition coefficient (Wildman–Crippen LogP) is 4.03. The van der Waals surface area contributed by atoms with Gasteiger partial charge in [0.05, 0.1) is 22.9 Å². The fourth-order valence-electron chi connectivity index (χ4n) is 2.78. The molecule has 3 rings (SSSR count). The maximum Gasteiger partial charge on any atom is 0.284 e. The molecule has 1 heterocycles. The minimum Gasteiger partial charge on any atom is -0.497 e. The Morgan fingerprint density at radius 2 is 1.61 bits per heavy atom. The Morgan fingerprint density at radius 3 is 2.29 bits per heavy atom. The predicted molar refractivity (Wildman–Crippen MR) is 108 cm³/mol. The van der Waals surface area contributed by atoms with Gasteiger partial charge in [-0.15, -0.1) is 11.3 Å². The third kappa shape index (κ3) is 4.39. The van der Waals surface area contributed by atoms with Crippen molar-refractivity contribution >= 4 is 23.2 Å². The number of methoxy groups -OCH3 is 1. The van der Waals surface area contributed by atoms with E-state index in [2.05, 4.69) is 5.32 Å². The molecule has 0 spiro atoms. The molecule has 0 radical (unpaired) electrons. The molecule has 3 N–H and O–H groups in total. The third-order valence-corrected chi connectivity index (χ3v) is 5.38. The highest BCUT2D eigenvalue weighted by Gasteiger charge is 2.16. The SMILES string of the molecule is COc1cccc(-c2cccc(C(C)NC(=O)c3ccc(C(=O)NO)s3)c2)c1. The Balaban J connectivity index is 1.75. The van der Waals surface area contributed by atoms with Gasteiger partial charge in [0.2, 0.25) is 0 Å². The van der Waals surface area contributed by atoms with E-state index in [1.807, 2.05) is 55.5 Å². The van der Waals surface area contributed by atoms with Crippen molar-refractivity contribution in [3.63, 3.8) is 0 Å². The Kier molecular flexibility index (Phi) is 6.08. The number of hydrogen-bond acceptors (Lipinski definition) is 5. The van der Waals surface area contributed by atoms with Crippen LogP contribution in [0.1, 0.15) is 37.9 Å². The molecule has 1 unspecified atom stereocenters. The highest BCUT2D eigenvalue weighted by Crippen LogP contribution is 2.26. The topological polar surface area (TPSA) is 87.7 Å². The lowest BCUT2D eigenvalue weighted by molar-refractivity contribution is 0.0711. The molecular formula is C21H20N2O4S. The van der Waals surface area contributed by atoms with Gasteiger partial charge in [0.15, 0.2) is 0 Å². The number of amides is 2. The molecule has 0 fully saturated rings. The van der Waals surface area contributed by atoms with Crippen LogP contribution in [0.4, 0.5) is 0 Å². The van der Waals surface area contributed by atoms with Gasteiger partial charge in [-0.1, -0.05) is 30.3 Å². The zero-order valence-corrected chi connectivity index (χ0v) is 16.2. The number of carbonyl (C=O) groups excluding carboxylic acids is 2. The Hall–Kier alpha value is -3.16. The summed E-state index contributed by atoms with van der Waals surface area (Å²) in [7, 11) is 1.63. The number of carbonyl (C=O) groups is 2. The van der Waals surface area contributed by atoms with E-state index in [4.69, 9.17) is 9.94 Å². The van der Waals surface area contributed by atoms with Crippen LogP contribution in [0.25, 0.3) is 11.1 Å². The zero-order valence-electron chi connectivity index (χ0n) is 15.4. The van der Waals surface area contributed by atoms with Gasteiger partial charge in [0.25, 0.3) is 11.8 Å². The van der Waals surface area contributed by atoms with Crippen LogP contribution in [0, 0.1) is 0 Å². The Morgan fingerprint density at radius 1 is 0.964 bits per heavy atom. The van der Waals surface area contributed by atoms with Crippen LogP contribution in [0.3, 0.4) is 0 Å². The van der Waals surface area contributed by atoms with Crippen molar-refractivity contribution in [2.75, 3.05) is 7.11 Å². The molecular weight excluding hydrogens is 376 g/mol. The van der Waals surface area contributed by atoms with Gasteiger partial charge in [0.1, 0.15) is 5.75 Å². The van der Waals surface area contributed by atoms with E-state index >= 15 is 0 Å². The number of thiophene rings is 1. The maximum absolute atomic E-state index is 12.5. The van der Waals surface area contributed by atoms with Crippen LogP contribution in [-0.2, 0) is 0 Å². The van der Waals surface area contributed by atoms with Crippen LogP contribution in [0.2, 0.25) is 0 Å². The largest absolute Gasteiger partial charge is 0.497 e. The molecule has 0 aliphatic carbocycles. The van der Waals surface area contributed by atoms with Crippen molar-refractivity contribution in [3.05, 3.63) is 76.0 Å². The summed E-state index contributed by atoms with van der Waals surface area (Å²) in [4.78, 5) is 24.6. The minimum absolute atomic E-state index is 0.227. The van der Waals surface area contributed by atoms with Gasteiger partial charge >= 0.3 is 0 Å². The standard InChI is InChI=1S/C21H20N2O4S/c1-13(22-20(24)18-9-10-19(28-18)21(25)23-26)14-5-3-6-15(11-14)16-7-4-8-17(12-16)27-2/h3-13,26H,1-2H3,(H,22,24)(H,23,25). The quantitative estimate of drug-likeness (QED) is 0.434. The second-order valence-electron chi connectivity index (χ2n) is 6.16. The number of hydrogen-bond donors (Lipinski definition) is 3. The molecule has 0 aliphatic heterocycles. The first kappa shape index (κ1) is 19.6. The van der Waals surface area contributed by atoms with Crippen molar-refractivity contribution in [3.8, 4) is 16.9 Å². The summed E-state index contributed by atoms with van der Waals surface area (Å²) in [5, 5.41) is 11.6. The highest BCUT2D eigenvalue weighted by atomic mass is 32.1. The molecule has 28 heavy (non-hydrogen) atoms. The van der Waals surface area contributed by atoms with Crippen LogP contribution in [0.15, 0.2) is 60.7 Å². The Bertz CT molecular complexity index is 999. The summed E-state index contributed by atoms with van der Waals surface area (Å²) in [6.45, 7) is 1.90. The minimum atomic E-state index is -0.636. The van der Waals surface area contributed by atoms with E-state index in [1.165, 1.54) is 6.07 Å². The van der Waals surface area contributed by atoms with Gasteiger partial charge in [-0.25, -0.2) is 5.48 Å². The first-order chi connectivity index (χ1) is 13.5. The molecule has 3 aromatic rings. The summed E-state index contributed by atoms with van der Waals surface area (Å²) in [6.07, 6.45) is 0. The number of rotatable bonds is 6. The van der Waals surface area contributed by atoms with Crippen molar-refractivity contribution in [2.45, 2.75) is 13.0 Å². The second kappa shape index (κ2) is 8.69. The normalized spacial score (nSPS) is 11.5. The van der Waals surface area contributed by atoms with Crippen LogP contribution in [-0.4, -0.2) is 24.1 Å². The lowest BCUT2D eigenvalue weighted by Gasteiger charge is -2.15. The molecule has 6 nitrogen and oxygen atoms in total. The summed E-state index contributed by atoms with van der Waals surface area (Å²) >= 11 is 1.02. The van der Waals surface area contributed by atoms with E-state index in [1.54, 1.807) is 18.7 Å². The summed E-state index contributed by atoms with van der Waals surface area (Å²) in [5.74, 6) is -0.131. The molecule has 0 aliphatic rings. The highest BCUT2D eigenvalue weighted by molar-refractivity contribution is 7.15. The lowest BCUT2D eigenvalue weighted by atomic mass is 10.00. The van der Waals surface area contributed by atoms with Crippen LogP contribution >= 0.6 is 11.3 Å². The van der Waals surface area contributed by atoms with Crippen molar-refractivity contribution in [2.24, 2.45) is 0 Å². The van der Waals surface area contributed by atoms with Crippen LogP contribution in [0.5, 0.6) is 5.75 Å². The number of benzene rings is 2. The number of nitrogens with one attached hydrogen (secondary N) is 2. The fourth-order valence-corrected chi connectivity index (χ4v) is 3.58. The first-order valence-corrected chi connectivity index (χ1v) is 9.43. The fraction of sp³-hybridized carbons (Fsp3) is 0.143. The summed E-state index contributed by atoms with van der Waals surface area (Å²) in [6, 6.07) is 18.6. The molecule has 2 aromatic carbocycles. The van der Waals surface area contributed by atoms with E-state index < -0.39 is 5.91 Å². The van der Waals surface area contributed by atoms with Crippen LogP contribution < -0.4 is 15.5 Å². The van der Waals surface area contributed by atoms with Gasteiger partial charge in [-0.05, 0) is 53.9 Å². The molecule has 0 bridgehead atoms. The summed E-state index contributed by atoms with van der Waals surface area (Å²) < 4.78 is 5.28. The Labute approximate surface area is 166 Å². The molecule has 0 saturated heterocycles. The van der Waals surface area contributed by atoms with E-state index in [0.29, 0.717) is 4.88 Å². The molecule has 1 atom stereocenters. The molecule has 2 amide bonds. The van der Waals surface area contributed by atoms with E-state index in [-0.39, 0.29) is 16.8 Å². The third-order valence-electron chi connectivity index (χ3n) is 4.29. The molecule has 144 valence electrons. The smallest absolute Gasteiger partial charge is 0.284 e. The number of hydroxylamine groups is 1. The molecule has 0 saturated carbocycles. The second-order valence-corrected chi connectivity index (χ2v) is 7.24. The molecule has 1 aromatic heterocycles. The average Bonchev–Trinajstić information content (AvgIpc) is 3.23. The van der Waals surface area contributed by atoms with Gasteiger partial charge in [-0.2, -0.15) is 0 Å². The van der Waals surface area contributed by atoms with Gasteiger partial charge < -0.3 is 10.1 Å². The number of ether oxygens (including phenoxy) is 1.